The van der Waals surface area contributed by atoms with Crippen LogP contribution in [0.2, 0.25) is 0 Å². The number of amides is 2. The molecule has 0 fully saturated rings. The van der Waals surface area contributed by atoms with Gasteiger partial charge in [0, 0.05) is 30.9 Å². The predicted octanol–water partition coefficient (Wildman–Crippen LogP) is 1.21. The SMILES string of the molecule is CC(CCCC(=O)O)NC(=O)NC(C)Cn1cccn1. The second-order valence-electron chi connectivity index (χ2n) is 4.93. The third kappa shape index (κ3) is 6.77. The van der Waals surface area contributed by atoms with Crippen molar-refractivity contribution in [2.45, 2.75) is 51.7 Å². The molecule has 7 nitrogen and oxygen atoms in total. The van der Waals surface area contributed by atoms with E-state index >= 15 is 0 Å². The van der Waals surface area contributed by atoms with Gasteiger partial charge in [0.1, 0.15) is 0 Å². The van der Waals surface area contributed by atoms with Gasteiger partial charge in [0.25, 0.3) is 0 Å². The smallest absolute Gasteiger partial charge is 0.315 e. The molecule has 1 aromatic rings. The summed E-state index contributed by atoms with van der Waals surface area (Å²) in [6.45, 7) is 4.36. The molecule has 1 aromatic heterocycles. The maximum absolute atomic E-state index is 11.7. The van der Waals surface area contributed by atoms with Gasteiger partial charge in [-0.2, -0.15) is 5.10 Å². The second kappa shape index (κ2) is 8.19. The normalized spacial score (nSPS) is 13.5. The van der Waals surface area contributed by atoms with Gasteiger partial charge in [-0.1, -0.05) is 0 Å². The molecule has 0 aliphatic rings. The van der Waals surface area contributed by atoms with Crippen LogP contribution in [0.3, 0.4) is 0 Å². The molecule has 2 amide bonds. The largest absolute Gasteiger partial charge is 0.481 e. The molecule has 0 aromatic carbocycles. The number of carbonyl (C=O) groups is 2. The van der Waals surface area contributed by atoms with Gasteiger partial charge < -0.3 is 15.7 Å². The molecule has 7 heteroatoms. The minimum absolute atomic E-state index is 0.0406. The Labute approximate surface area is 118 Å². The van der Waals surface area contributed by atoms with E-state index in [0.717, 1.165) is 0 Å². The van der Waals surface area contributed by atoms with Gasteiger partial charge in [-0.3, -0.25) is 9.48 Å². The molecule has 1 heterocycles. The number of aromatic nitrogens is 2. The molecule has 2 atom stereocenters. The predicted molar refractivity (Wildman–Crippen MR) is 74.3 cm³/mol. The van der Waals surface area contributed by atoms with Crippen LogP contribution in [0.1, 0.15) is 33.1 Å². The van der Waals surface area contributed by atoms with Crippen LogP contribution in [0, 0.1) is 0 Å². The molecular weight excluding hydrogens is 260 g/mol. The zero-order chi connectivity index (χ0) is 15.0. The standard InChI is InChI=1S/C13H22N4O3/c1-10(5-3-6-12(18)19)15-13(20)16-11(2)9-17-8-4-7-14-17/h4,7-8,10-11H,3,5-6,9H2,1-2H3,(H,18,19)(H2,15,16,20). The van der Waals surface area contributed by atoms with Crippen molar-refractivity contribution in [1.29, 1.82) is 0 Å². The van der Waals surface area contributed by atoms with Crippen LogP contribution >= 0.6 is 0 Å². The van der Waals surface area contributed by atoms with Crippen molar-refractivity contribution in [3.05, 3.63) is 18.5 Å². The lowest BCUT2D eigenvalue weighted by Gasteiger charge is -2.18. The number of carboxylic acid groups (broad SMARTS) is 1. The molecule has 0 saturated heterocycles. The Balaban J connectivity index is 2.19. The number of hydrogen-bond acceptors (Lipinski definition) is 3. The first kappa shape index (κ1) is 16.0. The lowest BCUT2D eigenvalue weighted by molar-refractivity contribution is -0.137. The molecule has 2 unspecified atom stereocenters. The topological polar surface area (TPSA) is 96.3 Å². The highest BCUT2D eigenvalue weighted by molar-refractivity contribution is 5.74. The van der Waals surface area contributed by atoms with Gasteiger partial charge in [0.2, 0.25) is 0 Å². The number of carbonyl (C=O) groups excluding carboxylic acids is 1. The number of urea groups is 1. The van der Waals surface area contributed by atoms with Crippen LogP contribution in [0.25, 0.3) is 0 Å². The maximum Gasteiger partial charge on any atom is 0.315 e. The van der Waals surface area contributed by atoms with Gasteiger partial charge in [-0.25, -0.2) is 4.79 Å². The van der Waals surface area contributed by atoms with Crippen molar-refractivity contribution >= 4 is 12.0 Å². The highest BCUT2D eigenvalue weighted by Gasteiger charge is 2.11. The fourth-order valence-corrected chi connectivity index (χ4v) is 1.86. The Kier molecular flexibility index (Phi) is 6.55. The van der Waals surface area contributed by atoms with Crippen molar-refractivity contribution in [2.24, 2.45) is 0 Å². The summed E-state index contributed by atoms with van der Waals surface area (Å²) in [5.41, 5.74) is 0. The molecule has 0 saturated carbocycles. The average molecular weight is 282 g/mol. The fourth-order valence-electron chi connectivity index (χ4n) is 1.86. The van der Waals surface area contributed by atoms with E-state index in [2.05, 4.69) is 15.7 Å². The quantitative estimate of drug-likeness (QED) is 0.668. The molecule has 0 radical (unpaired) electrons. The van der Waals surface area contributed by atoms with Crippen LogP contribution in [0.15, 0.2) is 18.5 Å². The Morgan fingerprint density at radius 1 is 1.30 bits per heavy atom. The molecule has 0 bridgehead atoms. The molecule has 0 spiro atoms. The third-order valence-electron chi connectivity index (χ3n) is 2.80. The summed E-state index contributed by atoms with van der Waals surface area (Å²) in [6.07, 6.45) is 4.86. The Hall–Kier alpha value is -2.05. The first-order valence-corrected chi connectivity index (χ1v) is 6.73. The van der Waals surface area contributed by atoms with Crippen molar-refractivity contribution in [3.8, 4) is 0 Å². The lowest BCUT2D eigenvalue weighted by atomic mass is 10.1. The van der Waals surface area contributed by atoms with Crippen LogP contribution in [0.5, 0.6) is 0 Å². The maximum atomic E-state index is 11.7. The van der Waals surface area contributed by atoms with E-state index in [1.54, 1.807) is 10.9 Å². The highest BCUT2D eigenvalue weighted by atomic mass is 16.4. The van der Waals surface area contributed by atoms with Gasteiger partial charge in [-0.15, -0.1) is 0 Å². The second-order valence-corrected chi connectivity index (χ2v) is 4.93. The Morgan fingerprint density at radius 2 is 2.00 bits per heavy atom. The summed E-state index contributed by atoms with van der Waals surface area (Å²) in [6, 6.07) is 1.50. The van der Waals surface area contributed by atoms with Gasteiger partial charge in [-0.05, 0) is 32.8 Å². The molecular formula is C13H22N4O3. The van der Waals surface area contributed by atoms with E-state index in [4.69, 9.17) is 5.11 Å². The minimum atomic E-state index is -0.811. The number of hydrogen-bond donors (Lipinski definition) is 3. The molecule has 0 aliphatic heterocycles. The van der Waals surface area contributed by atoms with Gasteiger partial charge in [0.05, 0.1) is 6.54 Å². The molecule has 112 valence electrons. The number of carboxylic acids is 1. The van der Waals surface area contributed by atoms with E-state index in [0.29, 0.717) is 19.4 Å². The van der Waals surface area contributed by atoms with Gasteiger partial charge >= 0.3 is 12.0 Å². The van der Waals surface area contributed by atoms with Crippen LogP contribution < -0.4 is 10.6 Å². The Bertz CT molecular complexity index is 419. The summed E-state index contributed by atoms with van der Waals surface area (Å²) in [4.78, 5) is 22.1. The Morgan fingerprint density at radius 3 is 2.60 bits per heavy atom. The minimum Gasteiger partial charge on any atom is -0.481 e. The molecule has 0 aliphatic carbocycles. The van der Waals surface area contributed by atoms with Crippen LogP contribution in [-0.2, 0) is 11.3 Å². The highest BCUT2D eigenvalue weighted by Crippen LogP contribution is 2.00. The summed E-state index contributed by atoms with van der Waals surface area (Å²) < 4.78 is 1.75. The molecule has 3 N–H and O–H groups in total. The molecule has 20 heavy (non-hydrogen) atoms. The zero-order valence-corrected chi connectivity index (χ0v) is 11.9. The van der Waals surface area contributed by atoms with E-state index in [1.807, 2.05) is 26.1 Å². The van der Waals surface area contributed by atoms with E-state index in [-0.39, 0.29) is 24.5 Å². The van der Waals surface area contributed by atoms with E-state index in [1.165, 1.54) is 0 Å². The van der Waals surface area contributed by atoms with E-state index in [9.17, 15) is 9.59 Å². The first-order chi connectivity index (χ1) is 9.47. The first-order valence-electron chi connectivity index (χ1n) is 6.73. The van der Waals surface area contributed by atoms with Gasteiger partial charge in [0.15, 0.2) is 0 Å². The van der Waals surface area contributed by atoms with Crippen LogP contribution in [0.4, 0.5) is 4.79 Å². The summed E-state index contributed by atoms with van der Waals surface area (Å²) >= 11 is 0. The number of rotatable bonds is 8. The van der Waals surface area contributed by atoms with Crippen molar-refractivity contribution < 1.29 is 14.7 Å². The summed E-state index contributed by atoms with van der Waals surface area (Å²) in [5.74, 6) is -0.811. The van der Waals surface area contributed by atoms with Crippen molar-refractivity contribution in [3.63, 3.8) is 0 Å². The fraction of sp³-hybridized carbons (Fsp3) is 0.615. The summed E-state index contributed by atoms with van der Waals surface area (Å²) in [5, 5.41) is 18.2. The molecule has 1 rings (SSSR count). The van der Waals surface area contributed by atoms with Crippen LogP contribution in [-0.4, -0.2) is 39.0 Å². The summed E-state index contributed by atoms with van der Waals surface area (Å²) in [7, 11) is 0. The third-order valence-corrected chi connectivity index (χ3v) is 2.80. The number of nitrogens with zero attached hydrogens (tertiary/aromatic N) is 2. The zero-order valence-electron chi connectivity index (χ0n) is 11.9. The average Bonchev–Trinajstić information content (AvgIpc) is 2.80. The lowest BCUT2D eigenvalue weighted by Crippen LogP contribution is -2.45. The van der Waals surface area contributed by atoms with Crippen molar-refractivity contribution in [2.75, 3.05) is 0 Å². The number of nitrogens with one attached hydrogen (secondary N) is 2. The number of aliphatic carboxylic acids is 1. The van der Waals surface area contributed by atoms with E-state index < -0.39 is 5.97 Å². The van der Waals surface area contributed by atoms with Crippen molar-refractivity contribution in [1.82, 2.24) is 20.4 Å². The monoisotopic (exact) mass is 282 g/mol.